The Morgan fingerprint density at radius 2 is 2.14 bits per heavy atom. The quantitative estimate of drug-likeness (QED) is 0.334. The van der Waals surface area contributed by atoms with Crippen LogP contribution in [0.1, 0.15) is 32.6 Å². The molecular weight excluding hydrogens is 391 g/mol. The Hall–Kier alpha value is -1.05. The second-order valence-electron chi connectivity index (χ2n) is 5.64. The molecule has 0 aromatic carbocycles. The molecule has 6 heteroatoms. The van der Waals surface area contributed by atoms with Crippen molar-refractivity contribution in [1.29, 1.82) is 0 Å². The highest BCUT2D eigenvalue weighted by Crippen LogP contribution is 2.23. The smallest absolute Gasteiger partial charge is 0.191 e. The van der Waals surface area contributed by atoms with E-state index in [1.807, 2.05) is 19.2 Å². The number of hydrogen-bond acceptors (Lipinski definition) is 3. The van der Waals surface area contributed by atoms with Gasteiger partial charge in [0.2, 0.25) is 0 Å². The summed E-state index contributed by atoms with van der Waals surface area (Å²) in [5.74, 6) is 2.53. The lowest BCUT2D eigenvalue weighted by atomic mass is 9.87. The maximum Gasteiger partial charge on any atom is 0.191 e. The highest BCUT2D eigenvalue weighted by Gasteiger charge is 2.18. The van der Waals surface area contributed by atoms with Crippen molar-refractivity contribution in [2.24, 2.45) is 10.9 Å². The largest absolute Gasteiger partial charge is 0.490 e. The zero-order valence-corrected chi connectivity index (χ0v) is 15.7. The van der Waals surface area contributed by atoms with Crippen molar-refractivity contribution in [2.45, 2.75) is 38.6 Å². The Bertz CT molecular complexity index is 433. The van der Waals surface area contributed by atoms with E-state index >= 15 is 0 Å². The van der Waals surface area contributed by atoms with Crippen molar-refractivity contribution < 1.29 is 4.74 Å². The third-order valence-electron chi connectivity index (χ3n) is 3.88. The van der Waals surface area contributed by atoms with Gasteiger partial charge in [-0.3, -0.25) is 9.98 Å². The Kier molecular flexibility index (Phi) is 9.19. The highest BCUT2D eigenvalue weighted by molar-refractivity contribution is 14.0. The van der Waals surface area contributed by atoms with Gasteiger partial charge in [0.25, 0.3) is 0 Å². The summed E-state index contributed by atoms with van der Waals surface area (Å²) in [6.45, 7) is 3.64. The van der Waals surface area contributed by atoms with E-state index in [0.717, 1.165) is 24.2 Å². The third kappa shape index (κ3) is 6.81. The van der Waals surface area contributed by atoms with E-state index in [1.165, 1.54) is 25.7 Å². The van der Waals surface area contributed by atoms with Gasteiger partial charge in [0.15, 0.2) is 5.96 Å². The molecule has 2 N–H and O–H groups in total. The molecule has 1 aliphatic carbocycles. The first kappa shape index (κ1) is 19.0. The number of pyridine rings is 1. The summed E-state index contributed by atoms with van der Waals surface area (Å²) in [5, 5.41) is 6.79. The number of halogens is 1. The van der Waals surface area contributed by atoms with Crippen LogP contribution in [0.15, 0.2) is 29.5 Å². The highest BCUT2D eigenvalue weighted by atomic mass is 127. The van der Waals surface area contributed by atoms with E-state index < -0.39 is 0 Å². The lowest BCUT2D eigenvalue weighted by molar-refractivity contribution is 0.316. The SMILES string of the molecule is CN=C(NCCOc1cccnc1)NC1CCC(C)CC1.I. The van der Waals surface area contributed by atoms with Crippen LogP contribution in [0.2, 0.25) is 0 Å². The van der Waals surface area contributed by atoms with Crippen molar-refractivity contribution in [3.63, 3.8) is 0 Å². The maximum atomic E-state index is 5.60. The number of guanidine groups is 1. The molecule has 0 amide bonds. The van der Waals surface area contributed by atoms with Gasteiger partial charge in [0, 0.05) is 19.3 Å². The summed E-state index contributed by atoms with van der Waals surface area (Å²) in [6.07, 6.45) is 8.53. The molecule has 1 aromatic rings. The first-order valence-corrected chi connectivity index (χ1v) is 7.78. The van der Waals surface area contributed by atoms with Gasteiger partial charge in [-0.15, -0.1) is 24.0 Å². The van der Waals surface area contributed by atoms with Gasteiger partial charge in [0.05, 0.1) is 12.7 Å². The van der Waals surface area contributed by atoms with Gasteiger partial charge < -0.3 is 15.4 Å². The topological polar surface area (TPSA) is 58.5 Å². The van der Waals surface area contributed by atoms with Crippen LogP contribution < -0.4 is 15.4 Å². The van der Waals surface area contributed by atoms with Crippen LogP contribution in [0, 0.1) is 5.92 Å². The molecule has 1 saturated carbocycles. The lowest BCUT2D eigenvalue weighted by Crippen LogP contribution is -2.45. The molecule has 2 rings (SSSR count). The third-order valence-corrected chi connectivity index (χ3v) is 3.88. The molecule has 0 atom stereocenters. The first-order chi connectivity index (χ1) is 10.3. The molecule has 0 spiro atoms. The Labute approximate surface area is 150 Å². The molecular formula is C16H27IN4O. The van der Waals surface area contributed by atoms with Crippen LogP contribution in [-0.2, 0) is 0 Å². The number of hydrogen-bond donors (Lipinski definition) is 2. The number of aliphatic imine (C=N–C) groups is 1. The molecule has 0 unspecified atom stereocenters. The fraction of sp³-hybridized carbons (Fsp3) is 0.625. The molecule has 0 saturated heterocycles. The summed E-state index contributed by atoms with van der Waals surface area (Å²) in [4.78, 5) is 8.29. The van der Waals surface area contributed by atoms with Crippen LogP contribution in [0.5, 0.6) is 5.75 Å². The Morgan fingerprint density at radius 1 is 1.36 bits per heavy atom. The first-order valence-electron chi connectivity index (χ1n) is 7.78. The monoisotopic (exact) mass is 418 g/mol. The van der Waals surface area contributed by atoms with Crippen molar-refractivity contribution in [1.82, 2.24) is 15.6 Å². The molecule has 1 heterocycles. The molecule has 124 valence electrons. The van der Waals surface area contributed by atoms with Gasteiger partial charge >= 0.3 is 0 Å². The van der Waals surface area contributed by atoms with Gasteiger partial charge in [-0.05, 0) is 43.7 Å². The van der Waals surface area contributed by atoms with Gasteiger partial charge in [-0.25, -0.2) is 0 Å². The predicted molar refractivity (Wildman–Crippen MR) is 101 cm³/mol. The standard InChI is InChI=1S/C16H26N4O.HI/c1-13-5-7-14(8-6-13)20-16(17-2)19-10-11-21-15-4-3-9-18-12-15;/h3-4,9,12-14H,5-8,10-11H2,1-2H3,(H2,17,19,20);1H. The number of ether oxygens (including phenoxy) is 1. The van der Waals surface area contributed by atoms with Crippen molar-refractivity contribution >= 4 is 29.9 Å². The second kappa shape index (κ2) is 10.6. The van der Waals surface area contributed by atoms with Crippen LogP contribution in [0.25, 0.3) is 0 Å². The van der Waals surface area contributed by atoms with E-state index in [4.69, 9.17) is 4.74 Å². The van der Waals surface area contributed by atoms with Crippen molar-refractivity contribution in [2.75, 3.05) is 20.2 Å². The Balaban J connectivity index is 0.00000242. The van der Waals surface area contributed by atoms with E-state index in [0.29, 0.717) is 12.6 Å². The lowest BCUT2D eigenvalue weighted by Gasteiger charge is -2.28. The molecule has 1 fully saturated rings. The van der Waals surface area contributed by atoms with E-state index in [1.54, 1.807) is 12.4 Å². The predicted octanol–water partition coefficient (Wildman–Crippen LogP) is 2.82. The van der Waals surface area contributed by atoms with E-state index in [2.05, 4.69) is 27.5 Å². The van der Waals surface area contributed by atoms with E-state index in [-0.39, 0.29) is 24.0 Å². The molecule has 1 aliphatic rings. The minimum Gasteiger partial charge on any atom is -0.490 e. The summed E-state index contributed by atoms with van der Waals surface area (Å²) in [6, 6.07) is 4.32. The van der Waals surface area contributed by atoms with Gasteiger partial charge in [-0.1, -0.05) is 6.92 Å². The van der Waals surface area contributed by atoms with Crippen LogP contribution >= 0.6 is 24.0 Å². The average Bonchev–Trinajstić information content (AvgIpc) is 2.53. The zero-order valence-electron chi connectivity index (χ0n) is 13.4. The molecule has 0 bridgehead atoms. The number of nitrogens with zero attached hydrogens (tertiary/aromatic N) is 2. The molecule has 0 radical (unpaired) electrons. The number of aromatic nitrogens is 1. The number of rotatable bonds is 5. The zero-order chi connectivity index (χ0) is 14.9. The minimum atomic E-state index is 0. The summed E-state index contributed by atoms with van der Waals surface area (Å²) >= 11 is 0. The summed E-state index contributed by atoms with van der Waals surface area (Å²) in [7, 11) is 1.81. The molecule has 1 aromatic heterocycles. The molecule has 5 nitrogen and oxygen atoms in total. The summed E-state index contributed by atoms with van der Waals surface area (Å²) in [5.41, 5.74) is 0. The minimum absolute atomic E-state index is 0. The Morgan fingerprint density at radius 3 is 2.77 bits per heavy atom. The fourth-order valence-corrected chi connectivity index (χ4v) is 2.56. The van der Waals surface area contributed by atoms with Crippen LogP contribution in [-0.4, -0.2) is 37.2 Å². The van der Waals surface area contributed by atoms with Crippen LogP contribution in [0.3, 0.4) is 0 Å². The average molecular weight is 418 g/mol. The van der Waals surface area contributed by atoms with Gasteiger partial charge in [-0.2, -0.15) is 0 Å². The van der Waals surface area contributed by atoms with Crippen molar-refractivity contribution in [3.05, 3.63) is 24.5 Å². The summed E-state index contributed by atoms with van der Waals surface area (Å²) < 4.78 is 5.60. The molecule has 22 heavy (non-hydrogen) atoms. The molecule has 0 aliphatic heterocycles. The van der Waals surface area contributed by atoms with E-state index in [9.17, 15) is 0 Å². The number of nitrogens with one attached hydrogen (secondary N) is 2. The van der Waals surface area contributed by atoms with Crippen LogP contribution in [0.4, 0.5) is 0 Å². The fourth-order valence-electron chi connectivity index (χ4n) is 2.56. The van der Waals surface area contributed by atoms with Crippen molar-refractivity contribution in [3.8, 4) is 5.75 Å². The van der Waals surface area contributed by atoms with Gasteiger partial charge in [0.1, 0.15) is 12.4 Å². The normalized spacial score (nSPS) is 21.6. The second-order valence-corrected chi connectivity index (χ2v) is 5.64. The maximum absolute atomic E-state index is 5.60.